The monoisotopic (exact) mass is 348 g/mol. The molecule has 0 aromatic heterocycles. The van der Waals surface area contributed by atoms with Crippen LogP contribution >= 0.6 is 15.9 Å². The first-order valence-corrected chi connectivity index (χ1v) is 8.36. The predicted molar refractivity (Wildman–Crippen MR) is 79.5 cm³/mol. The van der Waals surface area contributed by atoms with Crippen LogP contribution in [-0.4, -0.2) is 37.5 Å². The Balaban J connectivity index is 2.74. The van der Waals surface area contributed by atoms with Crippen LogP contribution < -0.4 is 5.32 Å². The van der Waals surface area contributed by atoms with Gasteiger partial charge < -0.3 is 5.32 Å². The molecule has 0 atom stereocenters. The number of benzene rings is 1. The summed E-state index contributed by atoms with van der Waals surface area (Å²) < 4.78 is 25.1. The first-order chi connectivity index (χ1) is 8.70. The summed E-state index contributed by atoms with van der Waals surface area (Å²) in [7, 11) is -3.40. The van der Waals surface area contributed by atoms with E-state index in [-0.39, 0.29) is 18.5 Å². The van der Waals surface area contributed by atoms with Crippen LogP contribution in [0.5, 0.6) is 0 Å². The molecule has 1 rings (SSSR count). The minimum Gasteiger partial charge on any atom is -0.325 e. The summed E-state index contributed by atoms with van der Waals surface area (Å²) in [6.45, 7) is 3.27. The van der Waals surface area contributed by atoms with Gasteiger partial charge in [-0.05, 0) is 32.0 Å². The standard InChI is InChI=1S/C12H17BrN2O3S/c1-9(2)15(19(3,17)18)8-12(16)14-11-6-4-5-10(13)7-11/h4-7,9H,8H2,1-3H3,(H,14,16). The molecule has 0 radical (unpaired) electrons. The third-order valence-corrected chi connectivity index (χ3v) is 4.31. The van der Waals surface area contributed by atoms with E-state index in [0.29, 0.717) is 5.69 Å². The Morgan fingerprint density at radius 1 is 1.42 bits per heavy atom. The number of nitrogens with zero attached hydrogens (tertiary/aromatic N) is 1. The largest absolute Gasteiger partial charge is 0.325 e. The lowest BCUT2D eigenvalue weighted by Crippen LogP contribution is -2.41. The zero-order valence-corrected chi connectivity index (χ0v) is 13.5. The van der Waals surface area contributed by atoms with Crippen LogP contribution in [0.4, 0.5) is 5.69 Å². The average molecular weight is 349 g/mol. The molecule has 0 heterocycles. The minimum absolute atomic E-state index is 0.191. The number of hydrogen-bond acceptors (Lipinski definition) is 3. The average Bonchev–Trinajstić information content (AvgIpc) is 2.24. The highest BCUT2D eigenvalue weighted by atomic mass is 79.9. The number of anilines is 1. The van der Waals surface area contributed by atoms with Gasteiger partial charge in [0.1, 0.15) is 0 Å². The quantitative estimate of drug-likeness (QED) is 0.885. The second kappa shape index (κ2) is 6.49. The smallest absolute Gasteiger partial charge is 0.239 e. The Labute approximate surface area is 122 Å². The van der Waals surface area contributed by atoms with Gasteiger partial charge in [-0.15, -0.1) is 0 Å². The highest BCUT2D eigenvalue weighted by Gasteiger charge is 2.22. The summed E-state index contributed by atoms with van der Waals surface area (Å²) in [5.41, 5.74) is 0.622. The molecule has 0 saturated carbocycles. The Morgan fingerprint density at radius 3 is 2.53 bits per heavy atom. The summed E-state index contributed by atoms with van der Waals surface area (Å²) >= 11 is 3.30. The number of nitrogens with one attached hydrogen (secondary N) is 1. The van der Waals surface area contributed by atoms with E-state index in [1.54, 1.807) is 32.0 Å². The van der Waals surface area contributed by atoms with Gasteiger partial charge in [-0.25, -0.2) is 8.42 Å². The Morgan fingerprint density at radius 2 is 2.05 bits per heavy atom. The lowest BCUT2D eigenvalue weighted by atomic mass is 10.3. The van der Waals surface area contributed by atoms with E-state index in [0.717, 1.165) is 15.0 Å². The van der Waals surface area contributed by atoms with E-state index in [2.05, 4.69) is 21.2 Å². The number of amides is 1. The zero-order valence-electron chi connectivity index (χ0n) is 11.1. The maximum Gasteiger partial charge on any atom is 0.239 e. The van der Waals surface area contributed by atoms with E-state index in [9.17, 15) is 13.2 Å². The second-order valence-electron chi connectivity index (χ2n) is 4.46. The maximum atomic E-state index is 11.9. The first-order valence-electron chi connectivity index (χ1n) is 5.72. The molecule has 0 bridgehead atoms. The Kier molecular flexibility index (Phi) is 5.51. The lowest BCUT2D eigenvalue weighted by molar-refractivity contribution is -0.116. The molecule has 0 unspecified atom stereocenters. The molecule has 5 nitrogen and oxygen atoms in total. The van der Waals surface area contributed by atoms with Crippen LogP contribution in [0.2, 0.25) is 0 Å². The molecule has 0 aliphatic carbocycles. The van der Waals surface area contributed by atoms with Crippen LogP contribution in [0.25, 0.3) is 0 Å². The molecule has 1 aromatic carbocycles. The molecule has 0 saturated heterocycles. The Hall–Kier alpha value is -0.920. The molecule has 106 valence electrons. The van der Waals surface area contributed by atoms with E-state index >= 15 is 0 Å². The molecule has 19 heavy (non-hydrogen) atoms. The zero-order chi connectivity index (χ0) is 14.6. The van der Waals surface area contributed by atoms with Crippen molar-refractivity contribution in [3.8, 4) is 0 Å². The fourth-order valence-corrected chi connectivity index (χ4v) is 3.11. The third kappa shape index (κ3) is 5.30. The van der Waals surface area contributed by atoms with E-state index in [1.807, 2.05) is 6.07 Å². The number of halogens is 1. The van der Waals surface area contributed by atoms with E-state index in [4.69, 9.17) is 0 Å². The summed E-state index contributed by atoms with van der Waals surface area (Å²) in [5.74, 6) is -0.364. The minimum atomic E-state index is -3.40. The third-order valence-electron chi connectivity index (χ3n) is 2.41. The molecule has 1 aromatic rings. The molecular weight excluding hydrogens is 332 g/mol. The molecule has 0 aliphatic heterocycles. The van der Waals surface area contributed by atoms with Crippen molar-refractivity contribution >= 4 is 37.5 Å². The molecule has 0 aliphatic rings. The molecule has 1 N–H and O–H groups in total. The molecular formula is C12H17BrN2O3S. The van der Waals surface area contributed by atoms with Crippen molar-refractivity contribution < 1.29 is 13.2 Å². The predicted octanol–water partition coefficient (Wildman–Crippen LogP) is 2.06. The number of sulfonamides is 1. The summed E-state index contributed by atoms with van der Waals surface area (Å²) in [6.07, 6.45) is 1.10. The van der Waals surface area contributed by atoms with Crippen molar-refractivity contribution in [2.45, 2.75) is 19.9 Å². The van der Waals surface area contributed by atoms with Crippen molar-refractivity contribution in [1.29, 1.82) is 0 Å². The molecule has 1 amide bonds. The highest BCUT2D eigenvalue weighted by Crippen LogP contribution is 2.15. The van der Waals surface area contributed by atoms with Crippen LogP contribution in [-0.2, 0) is 14.8 Å². The van der Waals surface area contributed by atoms with Gasteiger partial charge in [0.05, 0.1) is 12.8 Å². The van der Waals surface area contributed by atoms with E-state index < -0.39 is 10.0 Å². The summed E-state index contributed by atoms with van der Waals surface area (Å²) in [4.78, 5) is 11.9. The lowest BCUT2D eigenvalue weighted by Gasteiger charge is -2.23. The van der Waals surface area contributed by atoms with Gasteiger partial charge in [0.25, 0.3) is 0 Å². The van der Waals surface area contributed by atoms with Crippen LogP contribution in [0.3, 0.4) is 0 Å². The number of hydrogen-bond donors (Lipinski definition) is 1. The van der Waals surface area contributed by atoms with Crippen molar-refractivity contribution in [2.75, 3.05) is 18.1 Å². The van der Waals surface area contributed by atoms with Crippen LogP contribution in [0.1, 0.15) is 13.8 Å². The van der Waals surface area contributed by atoms with E-state index in [1.165, 1.54) is 0 Å². The van der Waals surface area contributed by atoms with Crippen molar-refractivity contribution in [2.24, 2.45) is 0 Å². The summed E-state index contributed by atoms with van der Waals surface area (Å²) in [5, 5.41) is 2.67. The molecule has 0 spiro atoms. The van der Waals surface area contributed by atoms with Gasteiger partial charge in [-0.2, -0.15) is 4.31 Å². The van der Waals surface area contributed by atoms with Gasteiger partial charge in [-0.1, -0.05) is 22.0 Å². The van der Waals surface area contributed by atoms with Gasteiger partial charge in [0.2, 0.25) is 15.9 Å². The van der Waals surface area contributed by atoms with Gasteiger partial charge in [0.15, 0.2) is 0 Å². The molecule has 7 heteroatoms. The van der Waals surface area contributed by atoms with Crippen LogP contribution in [0, 0.1) is 0 Å². The van der Waals surface area contributed by atoms with Gasteiger partial charge in [-0.3, -0.25) is 4.79 Å². The summed E-state index contributed by atoms with van der Waals surface area (Å²) in [6, 6.07) is 6.85. The molecule has 0 fully saturated rings. The maximum absolute atomic E-state index is 11.9. The van der Waals surface area contributed by atoms with Crippen molar-refractivity contribution in [1.82, 2.24) is 4.31 Å². The van der Waals surface area contributed by atoms with Crippen molar-refractivity contribution in [3.63, 3.8) is 0 Å². The Bertz CT molecular complexity index is 558. The van der Waals surface area contributed by atoms with Gasteiger partial charge in [0, 0.05) is 16.2 Å². The SMILES string of the molecule is CC(C)N(CC(=O)Nc1cccc(Br)c1)S(C)(=O)=O. The number of carbonyl (C=O) groups is 1. The fourth-order valence-electron chi connectivity index (χ4n) is 1.59. The van der Waals surface area contributed by atoms with Crippen molar-refractivity contribution in [3.05, 3.63) is 28.7 Å². The highest BCUT2D eigenvalue weighted by molar-refractivity contribution is 9.10. The normalized spacial score (nSPS) is 11.9. The topological polar surface area (TPSA) is 66.5 Å². The van der Waals surface area contributed by atoms with Crippen LogP contribution in [0.15, 0.2) is 28.7 Å². The second-order valence-corrected chi connectivity index (χ2v) is 7.31. The number of rotatable bonds is 5. The van der Waals surface area contributed by atoms with Gasteiger partial charge >= 0.3 is 0 Å². The fraction of sp³-hybridized carbons (Fsp3) is 0.417. The number of carbonyl (C=O) groups excluding carboxylic acids is 1. The first kappa shape index (κ1) is 16.1.